The summed E-state index contributed by atoms with van der Waals surface area (Å²) in [6.45, 7) is 6.38. The molecule has 1 aliphatic rings. The van der Waals surface area contributed by atoms with Gasteiger partial charge in [0, 0.05) is 38.2 Å². The predicted molar refractivity (Wildman–Crippen MR) is 74.0 cm³/mol. The minimum atomic E-state index is 0.170. The zero-order chi connectivity index (χ0) is 13.8. The number of rotatable bonds is 4. The van der Waals surface area contributed by atoms with Gasteiger partial charge in [0.25, 0.3) is 0 Å². The van der Waals surface area contributed by atoms with Gasteiger partial charge in [0.1, 0.15) is 0 Å². The fraction of sp³-hybridized carbons (Fsp3) is 0.500. The maximum absolute atomic E-state index is 5.80. The minimum Gasteiger partial charge on any atom is -0.374 e. The van der Waals surface area contributed by atoms with Crippen LogP contribution in [0.3, 0.4) is 0 Å². The Morgan fingerprint density at radius 3 is 3.15 bits per heavy atom. The van der Waals surface area contributed by atoms with E-state index in [0.29, 0.717) is 0 Å². The Bertz CT molecular complexity index is 542. The molecule has 0 bridgehead atoms. The van der Waals surface area contributed by atoms with Crippen molar-refractivity contribution in [2.24, 2.45) is 0 Å². The lowest BCUT2D eigenvalue weighted by molar-refractivity contribution is -0.0404. The SMILES string of the molecule is Cc1cncc(CN2CCOC(Cn3ccnn3)C2)c1. The summed E-state index contributed by atoms with van der Waals surface area (Å²) in [6.07, 6.45) is 7.56. The van der Waals surface area contributed by atoms with E-state index in [1.807, 2.05) is 23.3 Å². The van der Waals surface area contributed by atoms with Crippen molar-refractivity contribution in [3.63, 3.8) is 0 Å². The zero-order valence-electron chi connectivity index (χ0n) is 11.6. The van der Waals surface area contributed by atoms with Gasteiger partial charge in [-0.1, -0.05) is 11.3 Å². The van der Waals surface area contributed by atoms with Crippen molar-refractivity contribution in [2.75, 3.05) is 19.7 Å². The van der Waals surface area contributed by atoms with Crippen LogP contribution in [0.15, 0.2) is 30.9 Å². The number of nitrogens with zero attached hydrogens (tertiary/aromatic N) is 5. The summed E-state index contributed by atoms with van der Waals surface area (Å²) in [7, 11) is 0. The molecule has 0 aromatic carbocycles. The van der Waals surface area contributed by atoms with Gasteiger partial charge >= 0.3 is 0 Å². The topological polar surface area (TPSA) is 56.1 Å². The maximum Gasteiger partial charge on any atom is 0.0898 e. The Labute approximate surface area is 118 Å². The number of hydrogen-bond donors (Lipinski definition) is 0. The van der Waals surface area contributed by atoms with E-state index in [1.165, 1.54) is 11.1 Å². The van der Waals surface area contributed by atoms with Crippen LogP contribution in [0.1, 0.15) is 11.1 Å². The summed E-state index contributed by atoms with van der Waals surface area (Å²) >= 11 is 0. The molecule has 106 valence electrons. The number of aryl methyl sites for hydroxylation is 1. The minimum absolute atomic E-state index is 0.170. The summed E-state index contributed by atoms with van der Waals surface area (Å²) in [6, 6.07) is 2.19. The van der Waals surface area contributed by atoms with Gasteiger partial charge < -0.3 is 4.74 Å². The van der Waals surface area contributed by atoms with Gasteiger partial charge in [-0.25, -0.2) is 4.68 Å². The van der Waals surface area contributed by atoms with Gasteiger partial charge in [-0.15, -0.1) is 5.10 Å². The molecule has 20 heavy (non-hydrogen) atoms. The average Bonchev–Trinajstić information content (AvgIpc) is 2.92. The highest BCUT2D eigenvalue weighted by Crippen LogP contribution is 2.12. The van der Waals surface area contributed by atoms with Gasteiger partial charge in [0.2, 0.25) is 0 Å². The highest BCUT2D eigenvalue weighted by molar-refractivity contribution is 5.16. The van der Waals surface area contributed by atoms with Gasteiger partial charge in [-0.3, -0.25) is 9.88 Å². The molecular formula is C14H19N5O. The van der Waals surface area contributed by atoms with Crippen molar-refractivity contribution in [3.8, 4) is 0 Å². The monoisotopic (exact) mass is 273 g/mol. The molecule has 0 radical (unpaired) electrons. The van der Waals surface area contributed by atoms with Gasteiger partial charge in [-0.2, -0.15) is 0 Å². The molecular weight excluding hydrogens is 254 g/mol. The number of hydrogen-bond acceptors (Lipinski definition) is 5. The quantitative estimate of drug-likeness (QED) is 0.828. The molecule has 2 aromatic heterocycles. The molecule has 1 fully saturated rings. The first kappa shape index (κ1) is 13.2. The first-order chi connectivity index (χ1) is 9.79. The molecule has 3 heterocycles. The van der Waals surface area contributed by atoms with Crippen LogP contribution in [0.5, 0.6) is 0 Å². The van der Waals surface area contributed by atoms with E-state index < -0.39 is 0 Å². The maximum atomic E-state index is 5.80. The summed E-state index contributed by atoms with van der Waals surface area (Å²) in [5.74, 6) is 0. The third-order valence-electron chi connectivity index (χ3n) is 3.42. The standard InChI is InChI=1S/C14H19N5O/c1-12-6-13(8-15-7-12)9-18-4-5-20-14(10-18)11-19-3-2-16-17-19/h2-3,6-8,14H,4-5,9-11H2,1H3. The van der Waals surface area contributed by atoms with Crippen molar-refractivity contribution in [2.45, 2.75) is 26.1 Å². The lowest BCUT2D eigenvalue weighted by Gasteiger charge is -2.32. The molecule has 1 aliphatic heterocycles. The van der Waals surface area contributed by atoms with Crippen LogP contribution < -0.4 is 0 Å². The zero-order valence-corrected chi connectivity index (χ0v) is 11.6. The van der Waals surface area contributed by atoms with E-state index >= 15 is 0 Å². The summed E-state index contributed by atoms with van der Waals surface area (Å²) in [5, 5.41) is 7.81. The third-order valence-corrected chi connectivity index (χ3v) is 3.42. The molecule has 6 heteroatoms. The normalized spacial score (nSPS) is 20.1. The molecule has 0 saturated carbocycles. The largest absolute Gasteiger partial charge is 0.374 e. The molecule has 2 aromatic rings. The average molecular weight is 273 g/mol. The van der Waals surface area contributed by atoms with Gasteiger partial charge in [-0.05, 0) is 18.1 Å². The predicted octanol–water partition coefficient (Wildman–Crippen LogP) is 0.883. The molecule has 1 atom stereocenters. The van der Waals surface area contributed by atoms with Crippen LogP contribution in [0.4, 0.5) is 0 Å². The lowest BCUT2D eigenvalue weighted by Crippen LogP contribution is -2.43. The van der Waals surface area contributed by atoms with Crippen molar-refractivity contribution in [3.05, 3.63) is 42.0 Å². The molecule has 3 rings (SSSR count). The van der Waals surface area contributed by atoms with Crippen LogP contribution in [-0.2, 0) is 17.8 Å². The van der Waals surface area contributed by atoms with Crippen molar-refractivity contribution < 1.29 is 4.74 Å². The van der Waals surface area contributed by atoms with Gasteiger partial charge in [0.15, 0.2) is 0 Å². The smallest absolute Gasteiger partial charge is 0.0898 e. The number of aromatic nitrogens is 4. The fourth-order valence-corrected chi connectivity index (χ4v) is 2.54. The van der Waals surface area contributed by atoms with Crippen LogP contribution in [-0.4, -0.2) is 50.7 Å². The Hall–Kier alpha value is -1.79. The van der Waals surface area contributed by atoms with Crippen LogP contribution in [0.25, 0.3) is 0 Å². The van der Waals surface area contributed by atoms with E-state index in [2.05, 4.69) is 33.2 Å². The highest BCUT2D eigenvalue weighted by atomic mass is 16.5. The first-order valence-electron chi connectivity index (χ1n) is 6.88. The van der Waals surface area contributed by atoms with Gasteiger partial charge in [0.05, 0.1) is 25.5 Å². The lowest BCUT2D eigenvalue weighted by atomic mass is 10.2. The van der Waals surface area contributed by atoms with Crippen LogP contribution >= 0.6 is 0 Å². The van der Waals surface area contributed by atoms with Crippen LogP contribution in [0.2, 0.25) is 0 Å². The number of pyridine rings is 1. The highest BCUT2D eigenvalue weighted by Gasteiger charge is 2.21. The summed E-state index contributed by atoms with van der Waals surface area (Å²) < 4.78 is 7.62. The molecule has 6 nitrogen and oxygen atoms in total. The van der Waals surface area contributed by atoms with E-state index in [-0.39, 0.29) is 6.10 Å². The summed E-state index contributed by atoms with van der Waals surface area (Å²) in [4.78, 5) is 6.65. The second kappa shape index (κ2) is 6.11. The Morgan fingerprint density at radius 1 is 1.40 bits per heavy atom. The van der Waals surface area contributed by atoms with E-state index in [9.17, 15) is 0 Å². The first-order valence-corrected chi connectivity index (χ1v) is 6.88. The Morgan fingerprint density at radius 2 is 2.35 bits per heavy atom. The second-order valence-corrected chi connectivity index (χ2v) is 5.22. The van der Waals surface area contributed by atoms with Crippen molar-refractivity contribution >= 4 is 0 Å². The second-order valence-electron chi connectivity index (χ2n) is 5.22. The third kappa shape index (κ3) is 3.40. The molecule has 0 N–H and O–H groups in total. The fourth-order valence-electron chi connectivity index (χ4n) is 2.54. The number of ether oxygens (including phenoxy) is 1. The van der Waals surface area contributed by atoms with E-state index in [0.717, 1.165) is 32.8 Å². The number of morpholine rings is 1. The van der Waals surface area contributed by atoms with E-state index in [4.69, 9.17) is 4.74 Å². The molecule has 0 amide bonds. The van der Waals surface area contributed by atoms with Crippen molar-refractivity contribution in [1.82, 2.24) is 24.9 Å². The van der Waals surface area contributed by atoms with E-state index in [1.54, 1.807) is 6.20 Å². The van der Waals surface area contributed by atoms with Crippen molar-refractivity contribution in [1.29, 1.82) is 0 Å². The molecule has 0 aliphatic carbocycles. The molecule has 0 spiro atoms. The molecule has 1 unspecified atom stereocenters. The Balaban J connectivity index is 1.57. The van der Waals surface area contributed by atoms with Crippen LogP contribution in [0, 0.1) is 6.92 Å². The summed E-state index contributed by atoms with van der Waals surface area (Å²) in [5.41, 5.74) is 2.46. The Kier molecular flexibility index (Phi) is 4.03. The molecule has 1 saturated heterocycles.